The molecule has 2 heterocycles. The lowest BCUT2D eigenvalue weighted by atomic mass is 10.1. The van der Waals surface area contributed by atoms with E-state index in [1.807, 2.05) is 31.2 Å². The molecule has 1 aliphatic rings. The van der Waals surface area contributed by atoms with Gasteiger partial charge in [-0.3, -0.25) is 14.2 Å². The number of hydrogen-bond acceptors (Lipinski definition) is 3. The van der Waals surface area contributed by atoms with E-state index in [2.05, 4.69) is 10.3 Å². The second-order valence-corrected chi connectivity index (χ2v) is 7.77. The molecular weight excluding hydrogens is 404 g/mol. The predicted octanol–water partition coefficient (Wildman–Crippen LogP) is 3.80. The summed E-state index contributed by atoms with van der Waals surface area (Å²) in [6.07, 6.45) is 0.854. The Bertz CT molecular complexity index is 1400. The molecule has 4 aromatic rings. The maximum Gasteiger partial charge on any atom is 0.326 e. The molecule has 160 valence electrons. The number of para-hydroxylation sites is 1. The highest BCUT2D eigenvalue weighted by molar-refractivity contribution is 6.08. The minimum Gasteiger partial charge on any atom is -0.322 e. The summed E-state index contributed by atoms with van der Waals surface area (Å²) < 4.78 is 1.62. The van der Waals surface area contributed by atoms with Crippen LogP contribution in [0.25, 0.3) is 11.0 Å². The zero-order valence-corrected chi connectivity index (χ0v) is 17.6. The highest BCUT2D eigenvalue weighted by Gasteiger charge is 2.25. The van der Waals surface area contributed by atoms with E-state index in [9.17, 15) is 14.4 Å². The van der Waals surface area contributed by atoms with Crippen LogP contribution >= 0.6 is 0 Å². The van der Waals surface area contributed by atoms with Gasteiger partial charge in [-0.25, -0.2) is 4.79 Å². The van der Waals surface area contributed by atoms with E-state index in [4.69, 9.17) is 0 Å². The average molecular weight is 426 g/mol. The van der Waals surface area contributed by atoms with Crippen LogP contribution < -0.4 is 15.9 Å². The first-order chi connectivity index (χ1) is 15.5. The van der Waals surface area contributed by atoms with E-state index in [0.717, 1.165) is 17.6 Å². The van der Waals surface area contributed by atoms with Crippen molar-refractivity contribution in [3.63, 3.8) is 0 Å². The predicted molar refractivity (Wildman–Crippen MR) is 124 cm³/mol. The highest BCUT2D eigenvalue weighted by Crippen LogP contribution is 2.29. The van der Waals surface area contributed by atoms with E-state index in [1.165, 1.54) is 5.56 Å². The number of aromatic amines is 1. The number of nitrogens with one attached hydrogen (secondary N) is 2. The van der Waals surface area contributed by atoms with Gasteiger partial charge in [0.2, 0.25) is 0 Å². The third-order valence-electron chi connectivity index (χ3n) is 5.87. The molecule has 0 saturated heterocycles. The monoisotopic (exact) mass is 426 g/mol. The second-order valence-electron chi connectivity index (χ2n) is 7.77. The summed E-state index contributed by atoms with van der Waals surface area (Å²) in [6.45, 7) is 3.12. The number of fused-ring (bicyclic) bond motifs is 2. The molecule has 7 nitrogen and oxygen atoms in total. The number of benzene rings is 3. The topological polar surface area (TPSA) is 87.2 Å². The average Bonchev–Trinajstić information content (AvgIpc) is 3.38. The van der Waals surface area contributed by atoms with Crippen LogP contribution in [-0.2, 0) is 13.0 Å². The Labute approximate surface area is 184 Å². The summed E-state index contributed by atoms with van der Waals surface area (Å²) in [5.41, 5.74) is 4.93. The third-order valence-corrected chi connectivity index (χ3v) is 5.87. The van der Waals surface area contributed by atoms with Gasteiger partial charge in [0, 0.05) is 35.6 Å². The van der Waals surface area contributed by atoms with E-state index < -0.39 is 0 Å². The van der Waals surface area contributed by atoms with Crippen LogP contribution in [0.2, 0.25) is 0 Å². The fourth-order valence-corrected chi connectivity index (χ4v) is 4.22. The van der Waals surface area contributed by atoms with E-state index in [1.54, 1.807) is 51.9 Å². The fourth-order valence-electron chi connectivity index (χ4n) is 4.22. The van der Waals surface area contributed by atoms with Gasteiger partial charge in [0.05, 0.1) is 11.0 Å². The number of rotatable bonds is 4. The van der Waals surface area contributed by atoms with Gasteiger partial charge in [0.25, 0.3) is 11.8 Å². The van der Waals surface area contributed by atoms with E-state index in [-0.39, 0.29) is 17.5 Å². The van der Waals surface area contributed by atoms with Crippen molar-refractivity contribution in [2.45, 2.75) is 19.9 Å². The van der Waals surface area contributed by atoms with Gasteiger partial charge in [-0.15, -0.1) is 0 Å². The van der Waals surface area contributed by atoms with Gasteiger partial charge in [0.15, 0.2) is 0 Å². The fraction of sp³-hybridized carbons (Fsp3) is 0.160. The van der Waals surface area contributed by atoms with Crippen LogP contribution in [0.4, 0.5) is 11.4 Å². The van der Waals surface area contributed by atoms with Gasteiger partial charge < -0.3 is 15.2 Å². The van der Waals surface area contributed by atoms with Crippen molar-refractivity contribution >= 4 is 34.2 Å². The van der Waals surface area contributed by atoms with Crippen LogP contribution in [0, 0.1) is 0 Å². The number of amides is 2. The lowest BCUT2D eigenvalue weighted by molar-refractivity contribution is 0.0988. The minimum absolute atomic E-state index is 0.0531. The molecule has 32 heavy (non-hydrogen) atoms. The van der Waals surface area contributed by atoms with Crippen molar-refractivity contribution < 1.29 is 9.59 Å². The van der Waals surface area contributed by atoms with Gasteiger partial charge in [-0.05, 0) is 67.4 Å². The summed E-state index contributed by atoms with van der Waals surface area (Å²) in [6, 6.07) is 20.0. The molecule has 2 N–H and O–H groups in total. The normalized spacial score (nSPS) is 12.7. The number of carbonyl (C=O) groups excluding carboxylic acids is 2. The Morgan fingerprint density at radius 3 is 2.53 bits per heavy atom. The zero-order chi connectivity index (χ0) is 22.2. The Kier molecular flexibility index (Phi) is 4.86. The molecular formula is C25H22N4O3. The molecule has 1 aromatic heterocycles. The summed E-state index contributed by atoms with van der Waals surface area (Å²) in [4.78, 5) is 42.2. The van der Waals surface area contributed by atoms with Gasteiger partial charge >= 0.3 is 5.69 Å². The van der Waals surface area contributed by atoms with Gasteiger partial charge in [0.1, 0.15) is 0 Å². The number of H-pyrrole nitrogens is 1. The first-order valence-electron chi connectivity index (χ1n) is 10.6. The Morgan fingerprint density at radius 1 is 1.00 bits per heavy atom. The van der Waals surface area contributed by atoms with Crippen molar-refractivity contribution in [3.05, 3.63) is 93.9 Å². The van der Waals surface area contributed by atoms with Crippen LogP contribution in [0.1, 0.15) is 33.2 Å². The number of hydrogen-bond donors (Lipinski definition) is 2. The Hall–Kier alpha value is -4.13. The molecule has 0 radical (unpaired) electrons. The van der Waals surface area contributed by atoms with E-state index >= 15 is 0 Å². The van der Waals surface area contributed by atoms with Crippen molar-refractivity contribution in [3.8, 4) is 0 Å². The summed E-state index contributed by atoms with van der Waals surface area (Å²) in [5.74, 6) is -0.341. The largest absolute Gasteiger partial charge is 0.326 e. The Balaban J connectivity index is 1.32. The summed E-state index contributed by atoms with van der Waals surface area (Å²) in [7, 11) is 0. The Morgan fingerprint density at radius 2 is 1.75 bits per heavy atom. The molecule has 5 rings (SSSR count). The maximum absolute atomic E-state index is 13.0. The number of nitrogens with zero attached hydrogens (tertiary/aromatic N) is 2. The molecule has 0 saturated carbocycles. The van der Waals surface area contributed by atoms with Gasteiger partial charge in [-0.2, -0.15) is 0 Å². The lowest BCUT2D eigenvalue weighted by Gasteiger charge is -2.17. The second kappa shape index (κ2) is 7.85. The molecule has 0 fully saturated rings. The molecule has 7 heteroatoms. The lowest BCUT2D eigenvalue weighted by Crippen LogP contribution is -2.28. The third kappa shape index (κ3) is 3.37. The molecule has 0 bridgehead atoms. The molecule has 2 amide bonds. The molecule has 3 aromatic carbocycles. The summed E-state index contributed by atoms with van der Waals surface area (Å²) in [5, 5.41) is 2.85. The first-order valence-corrected chi connectivity index (χ1v) is 10.6. The zero-order valence-electron chi connectivity index (χ0n) is 17.6. The molecule has 1 aliphatic heterocycles. The number of aryl methyl sites for hydroxylation is 1. The minimum atomic E-state index is -0.287. The first kappa shape index (κ1) is 19.8. The smallest absolute Gasteiger partial charge is 0.322 e. The quantitative estimate of drug-likeness (QED) is 0.520. The molecule has 0 aliphatic carbocycles. The number of anilines is 2. The van der Waals surface area contributed by atoms with Crippen LogP contribution in [-0.4, -0.2) is 27.9 Å². The van der Waals surface area contributed by atoms with Crippen molar-refractivity contribution in [1.82, 2.24) is 9.55 Å². The van der Waals surface area contributed by atoms with Crippen molar-refractivity contribution in [2.24, 2.45) is 0 Å². The SMILES string of the molecule is CCn1c(=O)[nH]c2cc(C(=O)Nc3ccc(C(=O)N4CCc5ccccc54)cc3)ccc21. The van der Waals surface area contributed by atoms with Gasteiger partial charge in [-0.1, -0.05) is 18.2 Å². The number of carbonyl (C=O) groups is 2. The van der Waals surface area contributed by atoms with Crippen LogP contribution in [0.5, 0.6) is 0 Å². The highest BCUT2D eigenvalue weighted by atomic mass is 16.2. The molecule has 0 spiro atoms. The number of imidazole rings is 1. The van der Waals surface area contributed by atoms with Crippen LogP contribution in [0.3, 0.4) is 0 Å². The summed E-state index contributed by atoms with van der Waals surface area (Å²) >= 11 is 0. The maximum atomic E-state index is 13.0. The number of aromatic nitrogens is 2. The van der Waals surface area contributed by atoms with Crippen LogP contribution in [0.15, 0.2) is 71.5 Å². The van der Waals surface area contributed by atoms with Crippen molar-refractivity contribution in [2.75, 3.05) is 16.8 Å². The van der Waals surface area contributed by atoms with Crippen molar-refractivity contribution in [1.29, 1.82) is 0 Å². The molecule has 0 unspecified atom stereocenters. The van der Waals surface area contributed by atoms with E-state index in [0.29, 0.717) is 35.4 Å². The molecule has 0 atom stereocenters. The standard InChI is InChI=1S/C25H22N4O3/c1-2-28-22-12-9-18(15-20(22)27-25(28)32)23(30)26-19-10-7-17(8-11-19)24(31)29-14-13-16-5-3-4-6-21(16)29/h3-12,15H,2,13-14H2,1H3,(H,26,30)(H,27,32).